The normalized spacial score (nSPS) is 10.5. The Morgan fingerprint density at radius 1 is 1.44 bits per heavy atom. The Kier molecular flexibility index (Phi) is 5.58. The third-order valence-corrected chi connectivity index (χ3v) is 2.24. The first-order valence-electron chi connectivity index (χ1n) is 5.90. The second-order valence-corrected chi connectivity index (χ2v) is 4.49. The van der Waals surface area contributed by atoms with Crippen molar-refractivity contribution in [2.24, 2.45) is 11.7 Å². The topological polar surface area (TPSA) is 64.3 Å². The Bertz CT molecular complexity index is 408. The first kappa shape index (κ1) is 14.4. The largest absolute Gasteiger partial charge is 0.484 e. The van der Waals surface area contributed by atoms with E-state index < -0.39 is 5.82 Å². The molecule has 3 N–H and O–H groups in total. The van der Waals surface area contributed by atoms with Crippen LogP contribution >= 0.6 is 0 Å². The maximum atomic E-state index is 13.2. The molecule has 5 heteroatoms. The van der Waals surface area contributed by atoms with Crippen LogP contribution in [0.2, 0.25) is 0 Å². The van der Waals surface area contributed by atoms with Gasteiger partial charge >= 0.3 is 0 Å². The van der Waals surface area contributed by atoms with Crippen LogP contribution in [0.1, 0.15) is 19.4 Å². The van der Waals surface area contributed by atoms with E-state index in [-0.39, 0.29) is 19.1 Å². The number of ether oxygens (including phenoxy) is 1. The van der Waals surface area contributed by atoms with E-state index in [0.29, 0.717) is 23.8 Å². The van der Waals surface area contributed by atoms with Crippen molar-refractivity contribution in [1.82, 2.24) is 5.32 Å². The van der Waals surface area contributed by atoms with Crippen molar-refractivity contribution in [2.75, 3.05) is 13.2 Å². The van der Waals surface area contributed by atoms with Crippen LogP contribution < -0.4 is 15.8 Å². The summed E-state index contributed by atoms with van der Waals surface area (Å²) in [5.41, 5.74) is 6.06. The monoisotopic (exact) mass is 254 g/mol. The Morgan fingerprint density at radius 3 is 2.78 bits per heavy atom. The van der Waals surface area contributed by atoms with E-state index in [1.54, 1.807) is 6.07 Å². The fourth-order valence-electron chi connectivity index (χ4n) is 1.34. The van der Waals surface area contributed by atoms with Crippen molar-refractivity contribution in [3.8, 4) is 5.75 Å². The van der Waals surface area contributed by atoms with Crippen LogP contribution in [0, 0.1) is 11.7 Å². The van der Waals surface area contributed by atoms with Crippen molar-refractivity contribution in [2.45, 2.75) is 20.4 Å². The Hall–Kier alpha value is -1.62. The molecule has 0 heterocycles. The van der Waals surface area contributed by atoms with Gasteiger partial charge in [0.15, 0.2) is 6.61 Å². The third kappa shape index (κ3) is 5.14. The molecule has 0 saturated carbocycles. The van der Waals surface area contributed by atoms with Gasteiger partial charge in [0, 0.05) is 19.2 Å². The van der Waals surface area contributed by atoms with Gasteiger partial charge in [-0.25, -0.2) is 4.39 Å². The second kappa shape index (κ2) is 6.96. The van der Waals surface area contributed by atoms with Crippen LogP contribution in [0.3, 0.4) is 0 Å². The fraction of sp³-hybridized carbons (Fsp3) is 0.462. The van der Waals surface area contributed by atoms with E-state index in [1.807, 2.05) is 13.8 Å². The second-order valence-electron chi connectivity index (χ2n) is 4.49. The minimum atomic E-state index is -0.421. The van der Waals surface area contributed by atoms with Crippen LogP contribution in [0.5, 0.6) is 5.75 Å². The van der Waals surface area contributed by atoms with Gasteiger partial charge in [-0.1, -0.05) is 13.8 Å². The minimum Gasteiger partial charge on any atom is -0.484 e. The molecule has 0 saturated heterocycles. The molecular weight excluding hydrogens is 235 g/mol. The lowest BCUT2D eigenvalue weighted by Gasteiger charge is -2.10. The number of nitrogens with two attached hydrogens (primary N) is 1. The van der Waals surface area contributed by atoms with Gasteiger partial charge in [0.05, 0.1) is 0 Å². The molecular formula is C13H19FN2O2. The van der Waals surface area contributed by atoms with E-state index in [0.717, 1.165) is 0 Å². The summed E-state index contributed by atoms with van der Waals surface area (Å²) in [4.78, 5) is 11.4. The first-order valence-corrected chi connectivity index (χ1v) is 5.90. The molecule has 0 aromatic heterocycles. The van der Waals surface area contributed by atoms with Crippen molar-refractivity contribution < 1.29 is 13.9 Å². The number of carbonyl (C=O) groups is 1. The maximum Gasteiger partial charge on any atom is 0.257 e. The van der Waals surface area contributed by atoms with Crippen LogP contribution in [0.15, 0.2) is 18.2 Å². The molecule has 100 valence electrons. The number of hydrogen-bond acceptors (Lipinski definition) is 3. The number of carbonyl (C=O) groups excluding carboxylic acids is 1. The van der Waals surface area contributed by atoms with E-state index in [9.17, 15) is 9.18 Å². The summed E-state index contributed by atoms with van der Waals surface area (Å²) in [5, 5.41) is 2.71. The lowest BCUT2D eigenvalue weighted by atomic mass is 10.2. The zero-order chi connectivity index (χ0) is 13.5. The molecule has 1 amide bonds. The van der Waals surface area contributed by atoms with Gasteiger partial charge < -0.3 is 15.8 Å². The quantitative estimate of drug-likeness (QED) is 0.807. The van der Waals surface area contributed by atoms with E-state index in [1.165, 1.54) is 12.1 Å². The molecule has 0 aliphatic heterocycles. The van der Waals surface area contributed by atoms with Crippen molar-refractivity contribution in [3.63, 3.8) is 0 Å². The summed E-state index contributed by atoms with van der Waals surface area (Å²) in [5.74, 6) is 0.0555. The highest BCUT2D eigenvalue weighted by molar-refractivity contribution is 5.77. The SMILES string of the molecule is CC(C)CNC(=O)COc1cc(F)cc(CN)c1. The molecule has 1 aromatic carbocycles. The van der Waals surface area contributed by atoms with E-state index >= 15 is 0 Å². The lowest BCUT2D eigenvalue weighted by molar-refractivity contribution is -0.123. The average molecular weight is 254 g/mol. The number of benzene rings is 1. The minimum absolute atomic E-state index is 0.125. The molecule has 0 radical (unpaired) electrons. The summed E-state index contributed by atoms with van der Waals surface area (Å²) < 4.78 is 18.4. The van der Waals surface area contributed by atoms with E-state index in [2.05, 4.69) is 5.32 Å². The molecule has 0 fully saturated rings. The predicted molar refractivity (Wildman–Crippen MR) is 67.6 cm³/mol. The van der Waals surface area contributed by atoms with Crippen molar-refractivity contribution >= 4 is 5.91 Å². The number of halogens is 1. The summed E-state index contributed by atoms with van der Waals surface area (Å²) in [7, 11) is 0. The zero-order valence-electron chi connectivity index (χ0n) is 10.7. The molecule has 0 unspecified atom stereocenters. The van der Waals surface area contributed by atoms with Gasteiger partial charge in [-0.05, 0) is 23.6 Å². The molecule has 0 bridgehead atoms. The third-order valence-electron chi connectivity index (χ3n) is 2.24. The van der Waals surface area contributed by atoms with Crippen molar-refractivity contribution in [3.05, 3.63) is 29.6 Å². The molecule has 1 aromatic rings. The Balaban J connectivity index is 2.47. The standard InChI is InChI=1S/C13H19FN2O2/c1-9(2)7-16-13(17)8-18-12-4-10(6-15)3-11(14)5-12/h3-5,9H,6-8,15H2,1-2H3,(H,16,17). The molecule has 0 aliphatic rings. The van der Waals surface area contributed by atoms with Gasteiger partial charge in [-0.15, -0.1) is 0 Å². The molecule has 0 aliphatic carbocycles. The Morgan fingerprint density at radius 2 is 2.17 bits per heavy atom. The van der Waals surface area contributed by atoms with Gasteiger partial charge in [0.1, 0.15) is 11.6 Å². The maximum absolute atomic E-state index is 13.2. The predicted octanol–water partition coefficient (Wildman–Crippen LogP) is 1.44. The highest BCUT2D eigenvalue weighted by Crippen LogP contribution is 2.15. The van der Waals surface area contributed by atoms with Gasteiger partial charge in [0.2, 0.25) is 0 Å². The van der Waals surface area contributed by atoms with Crippen LogP contribution in [-0.4, -0.2) is 19.1 Å². The molecule has 4 nitrogen and oxygen atoms in total. The van der Waals surface area contributed by atoms with Gasteiger partial charge in [-0.3, -0.25) is 4.79 Å². The number of rotatable bonds is 6. The average Bonchev–Trinajstić information content (AvgIpc) is 2.33. The molecule has 18 heavy (non-hydrogen) atoms. The van der Waals surface area contributed by atoms with Crippen LogP contribution in [0.25, 0.3) is 0 Å². The number of hydrogen-bond donors (Lipinski definition) is 2. The highest BCUT2D eigenvalue weighted by Gasteiger charge is 2.05. The molecule has 0 atom stereocenters. The summed E-state index contributed by atoms with van der Waals surface area (Å²) >= 11 is 0. The molecule has 1 rings (SSSR count). The van der Waals surface area contributed by atoms with Crippen LogP contribution in [0.4, 0.5) is 4.39 Å². The van der Waals surface area contributed by atoms with E-state index in [4.69, 9.17) is 10.5 Å². The number of nitrogens with one attached hydrogen (secondary N) is 1. The fourth-order valence-corrected chi connectivity index (χ4v) is 1.34. The summed E-state index contributed by atoms with van der Waals surface area (Å²) in [6.07, 6.45) is 0. The Labute approximate surface area is 106 Å². The van der Waals surface area contributed by atoms with Gasteiger partial charge in [-0.2, -0.15) is 0 Å². The lowest BCUT2D eigenvalue weighted by Crippen LogP contribution is -2.31. The first-order chi connectivity index (χ1) is 8.51. The highest BCUT2D eigenvalue weighted by atomic mass is 19.1. The zero-order valence-corrected chi connectivity index (χ0v) is 10.7. The summed E-state index contributed by atoms with van der Waals surface area (Å²) in [6, 6.07) is 4.19. The van der Waals surface area contributed by atoms with Gasteiger partial charge in [0.25, 0.3) is 5.91 Å². The van der Waals surface area contributed by atoms with Crippen LogP contribution in [-0.2, 0) is 11.3 Å². The summed E-state index contributed by atoms with van der Waals surface area (Å²) in [6.45, 7) is 4.70. The van der Waals surface area contributed by atoms with Crippen molar-refractivity contribution in [1.29, 1.82) is 0 Å². The number of amides is 1. The molecule has 0 spiro atoms. The smallest absolute Gasteiger partial charge is 0.257 e.